The highest BCUT2D eigenvalue weighted by atomic mass is 16.5. The van der Waals surface area contributed by atoms with Crippen molar-refractivity contribution in [3.05, 3.63) is 18.5 Å². The molecule has 2 aliphatic heterocycles. The maximum absolute atomic E-state index is 12.1. The van der Waals surface area contributed by atoms with Gasteiger partial charge in [0.1, 0.15) is 0 Å². The number of amides is 1. The lowest BCUT2D eigenvalue weighted by Crippen LogP contribution is -2.52. The number of nitrogens with one attached hydrogen (secondary N) is 1. The molecule has 0 aliphatic carbocycles. The molecule has 0 spiro atoms. The Bertz CT molecular complexity index is 468. The van der Waals surface area contributed by atoms with Crippen LogP contribution in [0.4, 0.5) is 0 Å². The molecular weight excluding hydrogens is 296 g/mol. The van der Waals surface area contributed by atoms with Crippen molar-refractivity contribution in [1.82, 2.24) is 20.0 Å². The van der Waals surface area contributed by atoms with Gasteiger partial charge in [0.05, 0.1) is 19.8 Å². The van der Waals surface area contributed by atoms with E-state index in [-0.39, 0.29) is 5.91 Å². The molecule has 0 saturated carbocycles. The Morgan fingerprint density at radius 2 is 2.17 bits per heavy atom. The van der Waals surface area contributed by atoms with Crippen LogP contribution in [0.2, 0.25) is 0 Å². The first kappa shape index (κ1) is 16.4. The minimum atomic E-state index is 0.0812. The number of hydrogen-bond donors (Lipinski definition) is 1. The summed E-state index contributed by atoms with van der Waals surface area (Å²) in [7, 11) is 0. The van der Waals surface area contributed by atoms with Crippen LogP contribution in [-0.4, -0.2) is 72.7 Å². The Morgan fingerprint density at radius 3 is 2.87 bits per heavy atom. The van der Waals surface area contributed by atoms with Crippen molar-refractivity contribution < 1.29 is 14.3 Å². The Morgan fingerprint density at radius 1 is 1.30 bits per heavy atom. The molecule has 1 N–H and O–H groups in total. The average molecular weight is 322 g/mol. The monoisotopic (exact) mass is 322 g/mol. The maximum Gasteiger partial charge on any atom is 0.221 e. The van der Waals surface area contributed by atoms with E-state index in [0.717, 1.165) is 45.9 Å². The second kappa shape index (κ2) is 8.42. The Hall–Kier alpha value is -1.44. The smallest absolute Gasteiger partial charge is 0.221 e. The van der Waals surface area contributed by atoms with Gasteiger partial charge < -0.3 is 14.8 Å². The number of rotatable bonds is 7. The number of carbonyl (C=O) groups is 1. The van der Waals surface area contributed by atoms with Crippen LogP contribution in [0.15, 0.2) is 18.5 Å². The van der Waals surface area contributed by atoms with E-state index in [2.05, 4.69) is 15.3 Å². The third-order valence-corrected chi connectivity index (χ3v) is 4.66. The lowest BCUT2D eigenvalue weighted by molar-refractivity contribution is -0.121. The van der Waals surface area contributed by atoms with Gasteiger partial charge in [-0.1, -0.05) is 0 Å². The molecule has 0 aromatic carbocycles. The van der Waals surface area contributed by atoms with Gasteiger partial charge in [-0.25, -0.2) is 0 Å². The van der Waals surface area contributed by atoms with Gasteiger partial charge in [-0.15, -0.1) is 0 Å². The molecule has 0 bridgehead atoms. The van der Waals surface area contributed by atoms with Crippen LogP contribution in [0.3, 0.4) is 0 Å². The van der Waals surface area contributed by atoms with Crippen molar-refractivity contribution in [3.8, 4) is 0 Å². The summed E-state index contributed by atoms with van der Waals surface area (Å²) in [6.07, 6.45) is 5.13. The van der Waals surface area contributed by atoms with Crippen molar-refractivity contribution in [2.24, 2.45) is 5.92 Å². The minimum absolute atomic E-state index is 0.0812. The first-order valence-electron chi connectivity index (χ1n) is 8.46. The summed E-state index contributed by atoms with van der Waals surface area (Å²) >= 11 is 0. The molecule has 2 saturated heterocycles. The fourth-order valence-corrected chi connectivity index (χ4v) is 3.31. The van der Waals surface area contributed by atoms with E-state index in [0.29, 0.717) is 31.5 Å². The van der Waals surface area contributed by atoms with Gasteiger partial charge in [0.2, 0.25) is 5.91 Å². The van der Waals surface area contributed by atoms with Crippen LogP contribution >= 0.6 is 0 Å². The van der Waals surface area contributed by atoms with E-state index in [1.165, 1.54) is 0 Å². The first-order chi connectivity index (χ1) is 11.3. The average Bonchev–Trinajstić information content (AvgIpc) is 3.28. The normalized spacial score (nSPS) is 23.7. The van der Waals surface area contributed by atoms with Crippen molar-refractivity contribution in [2.75, 3.05) is 46.1 Å². The zero-order valence-electron chi connectivity index (χ0n) is 13.5. The second-order valence-corrected chi connectivity index (χ2v) is 6.16. The highest BCUT2D eigenvalue weighted by molar-refractivity contribution is 5.75. The van der Waals surface area contributed by atoms with E-state index in [4.69, 9.17) is 9.47 Å². The molecule has 0 unspecified atom stereocenters. The highest BCUT2D eigenvalue weighted by Gasteiger charge is 2.31. The lowest BCUT2D eigenvalue weighted by atomic mass is 9.97. The zero-order valence-corrected chi connectivity index (χ0v) is 13.5. The molecule has 1 aromatic heterocycles. The number of carbonyl (C=O) groups excluding carboxylic acids is 1. The lowest BCUT2D eigenvalue weighted by Gasteiger charge is -2.37. The van der Waals surface area contributed by atoms with Gasteiger partial charge in [-0.3, -0.25) is 14.4 Å². The van der Waals surface area contributed by atoms with Crippen LogP contribution in [0.25, 0.3) is 0 Å². The molecular formula is C16H26N4O3. The fraction of sp³-hybridized carbons (Fsp3) is 0.750. The summed E-state index contributed by atoms with van der Waals surface area (Å²) in [4.78, 5) is 14.6. The Balaban J connectivity index is 1.47. The predicted octanol–water partition coefficient (Wildman–Crippen LogP) is 0.127. The molecule has 1 aromatic rings. The van der Waals surface area contributed by atoms with Gasteiger partial charge >= 0.3 is 0 Å². The summed E-state index contributed by atoms with van der Waals surface area (Å²) < 4.78 is 12.8. The largest absolute Gasteiger partial charge is 0.381 e. The van der Waals surface area contributed by atoms with E-state index in [1.807, 2.05) is 12.3 Å². The van der Waals surface area contributed by atoms with E-state index < -0.39 is 0 Å². The molecule has 2 aliphatic rings. The van der Waals surface area contributed by atoms with E-state index in [1.54, 1.807) is 10.9 Å². The summed E-state index contributed by atoms with van der Waals surface area (Å²) in [5.41, 5.74) is 0. The zero-order chi connectivity index (χ0) is 15.9. The summed E-state index contributed by atoms with van der Waals surface area (Å²) in [6.45, 7) is 6.35. The van der Waals surface area contributed by atoms with Crippen molar-refractivity contribution in [1.29, 1.82) is 0 Å². The standard InChI is InChI=1S/C16H26N4O3/c21-16(2-6-20-5-1-4-18-20)17-12-15(14-3-9-23-13-14)19-7-10-22-11-8-19/h1,4-5,14-15H,2-3,6-13H2,(H,17,21)/t14-,15-/m0/s1. The number of nitrogens with zero attached hydrogens (tertiary/aromatic N) is 3. The number of aryl methyl sites for hydroxylation is 1. The number of morpholine rings is 1. The fourth-order valence-electron chi connectivity index (χ4n) is 3.31. The van der Waals surface area contributed by atoms with Crippen LogP contribution in [0, 0.1) is 5.92 Å². The summed E-state index contributed by atoms with van der Waals surface area (Å²) in [6, 6.07) is 2.21. The van der Waals surface area contributed by atoms with Gasteiger partial charge in [-0.05, 0) is 12.5 Å². The van der Waals surface area contributed by atoms with E-state index >= 15 is 0 Å². The Labute approximate surface area is 136 Å². The van der Waals surface area contributed by atoms with Crippen LogP contribution in [0.5, 0.6) is 0 Å². The number of ether oxygens (including phenoxy) is 2. The van der Waals surface area contributed by atoms with Gasteiger partial charge in [-0.2, -0.15) is 5.10 Å². The minimum Gasteiger partial charge on any atom is -0.381 e. The molecule has 23 heavy (non-hydrogen) atoms. The SMILES string of the molecule is O=C(CCn1cccn1)NC[C@@H]([C@H]1CCOC1)N1CCOCC1. The maximum atomic E-state index is 12.1. The van der Waals surface area contributed by atoms with Crippen LogP contribution in [-0.2, 0) is 20.8 Å². The topological polar surface area (TPSA) is 68.6 Å². The highest BCUT2D eigenvalue weighted by Crippen LogP contribution is 2.21. The van der Waals surface area contributed by atoms with Crippen molar-refractivity contribution in [3.63, 3.8) is 0 Å². The van der Waals surface area contributed by atoms with Gasteiger partial charge in [0, 0.05) is 63.6 Å². The molecule has 0 radical (unpaired) electrons. The van der Waals surface area contributed by atoms with Gasteiger partial charge in [0.15, 0.2) is 0 Å². The molecule has 3 heterocycles. The third-order valence-electron chi connectivity index (χ3n) is 4.66. The summed E-state index contributed by atoms with van der Waals surface area (Å²) in [5.74, 6) is 0.581. The first-order valence-corrected chi connectivity index (χ1v) is 8.46. The summed E-state index contributed by atoms with van der Waals surface area (Å²) in [5, 5.41) is 7.22. The molecule has 7 nitrogen and oxygen atoms in total. The molecule has 2 fully saturated rings. The number of hydrogen-bond acceptors (Lipinski definition) is 5. The molecule has 3 rings (SSSR count). The quantitative estimate of drug-likeness (QED) is 0.773. The van der Waals surface area contributed by atoms with Crippen LogP contribution < -0.4 is 5.32 Å². The van der Waals surface area contributed by atoms with Crippen molar-refractivity contribution in [2.45, 2.75) is 25.4 Å². The van der Waals surface area contributed by atoms with E-state index in [9.17, 15) is 4.79 Å². The Kier molecular flexibility index (Phi) is 6.01. The molecule has 128 valence electrons. The van der Waals surface area contributed by atoms with Gasteiger partial charge in [0.25, 0.3) is 0 Å². The third kappa shape index (κ3) is 4.76. The molecule has 7 heteroatoms. The second-order valence-electron chi connectivity index (χ2n) is 6.16. The molecule has 2 atom stereocenters. The number of aromatic nitrogens is 2. The predicted molar refractivity (Wildman–Crippen MR) is 85.0 cm³/mol. The molecule has 1 amide bonds. The van der Waals surface area contributed by atoms with Crippen molar-refractivity contribution >= 4 is 5.91 Å². The van der Waals surface area contributed by atoms with Crippen LogP contribution in [0.1, 0.15) is 12.8 Å².